The van der Waals surface area contributed by atoms with Crippen LogP contribution in [0.25, 0.3) is 0 Å². The second kappa shape index (κ2) is 6.97. The smallest absolute Gasteiger partial charge is 0.236 e. The molecule has 100 valence electrons. The van der Waals surface area contributed by atoms with Crippen molar-refractivity contribution in [3.8, 4) is 0 Å². The Morgan fingerprint density at radius 2 is 2.00 bits per heavy atom. The lowest BCUT2D eigenvalue weighted by Crippen LogP contribution is -2.53. The molecule has 0 spiro atoms. The van der Waals surface area contributed by atoms with Gasteiger partial charge in [-0.3, -0.25) is 4.79 Å². The Labute approximate surface area is 104 Å². The summed E-state index contributed by atoms with van der Waals surface area (Å²) in [5, 5.41) is 6.28. The first-order valence-electron chi connectivity index (χ1n) is 6.68. The van der Waals surface area contributed by atoms with E-state index in [4.69, 9.17) is 4.74 Å². The molecule has 0 heterocycles. The van der Waals surface area contributed by atoms with Gasteiger partial charge >= 0.3 is 0 Å². The van der Waals surface area contributed by atoms with Gasteiger partial charge in [0.25, 0.3) is 0 Å². The van der Waals surface area contributed by atoms with Crippen LogP contribution >= 0.6 is 0 Å². The lowest BCUT2D eigenvalue weighted by Gasteiger charge is -2.37. The number of hydrogen-bond acceptors (Lipinski definition) is 3. The second-order valence-electron chi connectivity index (χ2n) is 5.27. The van der Waals surface area contributed by atoms with Crippen molar-refractivity contribution in [2.75, 3.05) is 13.2 Å². The van der Waals surface area contributed by atoms with E-state index in [1.807, 2.05) is 13.8 Å². The summed E-state index contributed by atoms with van der Waals surface area (Å²) in [5.74, 6) is 0.593. The molecular weight excluding hydrogens is 216 g/mol. The number of hydrogen-bond donors (Lipinski definition) is 2. The predicted octanol–water partition coefficient (Wildman–Crippen LogP) is 1.30. The Kier molecular flexibility index (Phi) is 5.92. The molecule has 1 amide bonds. The van der Waals surface area contributed by atoms with Gasteiger partial charge in [-0.1, -0.05) is 13.8 Å². The molecule has 0 saturated heterocycles. The maximum atomic E-state index is 11.7. The van der Waals surface area contributed by atoms with E-state index in [0.717, 1.165) is 26.0 Å². The van der Waals surface area contributed by atoms with E-state index in [0.29, 0.717) is 18.1 Å². The van der Waals surface area contributed by atoms with Gasteiger partial charge in [0.15, 0.2) is 0 Å². The zero-order valence-corrected chi connectivity index (χ0v) is 11.5. The minimum absolute atomic E-state index is 0.0959. The van der Waals surface area contributed by atoms with Crippen LogP contribution in [0.5, 0.6) is 0 Å². The summed E-state index contributed by atoms with van der Waals surface area (Å²) in [5.41, 5.74) is 0. The molecule has 4 nitrogen and oxygen atoms in total. The van der Waals surface area contributed by atoms with Crippen LogP contribution in [0.1, 0.15) is 40.5 Å². The third-order valence-electron chi connectivity index (χ3n) is 3.06. The molecule has 2 N–H and O–H groups in total. The lowest BCUT2D eigenvalue weighted by atomic mass is 9.88. The second-order valence-corrected chi connectivity index (χ2v) is 5.27. The molecule has 0 aromatic carbocycles. The van der Waals surface area contributed by atoms with Crippen LogP contribution in [0.2, 0.25) is 0 Å². The highest BCUT2D eigenvalue weighted by Gasteiger charge is 2.31. The van der Waals surface area contributed by atoms with Crippen molar-refractivity contribution in [1.82, 2.24) is 10.6 Å². The van der Waals surface area contributed by atoms with Crippen molar-refractivity contribution in [2.45, 2.75) is 58.7 Å². The lowest BCUT2D eigenvalue weighted by molar-refractivity contribution is -0.123. The van der Waals surface area contributed by atoms with Gasteiger partial charge in [-0.15, -0.1) is 0 Å². The van der Waals surface area contributed by atoms with Gasteiger partial charge in [-0.05, 0) is 32.6 Å². The molecule has 1 rings (SSSR count). The molecular formula is C13H26N2O2. The molecule has 0 aromatic heterocycles. The average Bonchev–Trinajstić information content (AvgIpc) is 2.22. The van der Waals surface area contributed by atoms with Crippen molar-refractivity contribution in [3.63, 3.8) is 0 Å². The fourth-order valence-electron chi connectivity index (χ4n) is 1.96. The zero-order chi connectivity index (χ0) is 12.8. The molecule has 1 fully saturated rings. The van der Waals surface area contributed by atoms with Gasteiger partial charge in [-0.2, -0.15) is 0 Å². The topological polar surface area (TPSA) is 50.4 Å². The van der Waals surface area contributed by atoms with Crippen molar-refractivity contribution >= 4 is 5.91 Å². The number of rotatable bonds is 7. The van der Waals surface area contributed by atoms with Crippen LogP contribution in [-0.4, -0.2) is 37.2 Å². The van der Waals surface area contributed by atoms with E-state index >= 15 is 0 Å². The quantitative estimate of drug-likeness (QED) is 0.707. The zero-order valence-electron chi connectivity index (χ0n) is 11.5. The Morgan fingerprint density at radius 3 is 2.53 bits per heavy atom. The molecule has 1 aliphatic carbocycles. The summed E-state index contributed by atoms with van der Waals surface area (Å²) >= 11 is 0. The number of ether oxygens (including phenoxy) is 1. The molecule has 1 aliphatic rings. The predicted molar refractivity (Wildman–Crippen MR) is 68.9 cm³/mol. The number of carbonyl (C=O) groups excluding carboxylic acids is 1. The molecule has 4 heteroatoms. The number of nitrogens with one attached hydrogen (secondary N) is 2. The summed E-state index contributed by atoms with van der Waals surface area (Å²) in [6.45, 7) is 9.65. The maximum absolute atomic E-state index is 11.7. The fraction of sp³-hybridized carbons (Fsp3) is 0.923. The Balaban J connectivity index is 2.13. The van der Waals surface area contributed by atoms with Crippen molar-refractivity contribution < 1.29 is 9.53 Å². The molecule has 0 aromatic rings. The van der Waals surface area contributed by atoms with Gasteiger partial charge in [-0.25, -0.2) is 0 Å². The normalized spacial score (nSPS) is 25.5. The van der Waals surface area contributed by atoms with E-state index in [2.05, 4.69) is 24.5 Å². The maximum Gasteiger partial charge on any atom is 0.236 e. The van der Waals surface area contributed by atoms with Gasteiger partial charge < -0.3 is 15.4 Å². The van der Waals surface area contributed by atoms with Crippen LogP contribution in [0.4, 0.5) is 0 Å². The highest BCUT2D eigenvalue weighted by Crippen LogP contribution is 2.23. The first-order chi connectivity index (χ1) is 8.02. The molecule has 0 bridgehead atoms. The Hall–Kier alpha value is -0.610. The molecule has 1 saturated carbocycles. The van der Waals surface area contributed by atoms with E-state index in [1.165, 1.54) is 0 Å². The van der Waals surface area contributed by atoms with E-state index in [-0.39, 0.29) is 11.9 Å². The van der Waals surface area contributed by atoms with Crippen LogP contribution in [0, 0.1) is 5.92 Å². The Morgan fingerprint density at radius 1 is 1.35 bits per heavy atom. The van der Waals surface area contributed by atoms with Gasteiger partial charge in [0.05, 0.1) is 12.1 Å². The standard InChI is InChI=1S/C13H26N2O2/c1-5-17-12-6-11(7-12)15-10(4)13(16)14-8-9(2)3/h9-12,15H,5-8H2,1-4H3,(H,14,16). The third-order valence-corrected chi connectivity index (χ3v) is 3.06. The average molecular weight is 242 g/mol. The largest absolute Gasteiger partial charge is 0.378 e. The van der Waals surface area contributed by atoms with E-state index < -0.39 is 0 Å². The fourth-order valence-corrected chi connectivity index (χ4v) is 1.96. The summed E-state index contributed by atoms with van der Waals surface area (Å²) in [4.78, 5) is 11.7. The minimum Gasteiger partial charge on any atom is -0.378 e. The van der Waals surface area contributed by atoms with Crippen molar-refractivity contribution in [1.29, 1.82) is 0 Å². The summed E-state index contributed by atoms with van der Waals surface area (Å²) in [6, 6.07) is 0.327. The van der Waals surface area contributed by atoms with Gasteiger partial charge in [0.1, 0.15) is 0 Å². The molecule has 0 aliphatic heterocycles. The molecule has 0 radical (unpaired) electrons. The molecule has 17 heavy (non-hydrogen) atoms. The molecule has 1 unspecified atom stereocenters. The number of amides is 1. The minimum atomic E-state index is -0.110. The van der Waals surface area contributed by atoms with Crippen molar-refractivity contribution in [2.24, 2.45) is 5.92 Å². The summed E-state index contributed by atoms with van der Waals surface area (Å²) < 4.78 is 5.49. The van der Waals surface area contributed by atoms with E-state index in [1.54, 1.807) is 0 Å². The van der Waals surface area contributed by atoms with Crippen LogP contribution in [0.15, 0.2) is 0 Å². The van der Waals surface area contributed by atoms with Crippen LogP contribution in [-0.2, 0) is 9.53 Å². The first-order valence-corrected chi connectivity index (χ1v) is 6.68. The number of carbonyl (C=O) groups is 1. The van der Waals surface area contributed by atoms with Gasteiger partial charge in [0, 0.05) is 19.2 Å². The van der Waals surface area contributed by atoms with Crippen molar-refractivity contribution in [3.05, 3.63) is 0 Å². The van der Waals surface area contributed by atoms with Crippen LogP contribution in [0.3, 0.4) is 0 Å². The first kappa shape index (κ1) is 14.5. The Bertz CT molecular complexity index is 238. The highest BCUT2D eigenvalue weighted by atomic mass is 16.5. The molecule has 1 atom stereocenters. The monoisotopic (exact) mass is 242 g/mol. The summed E-state index contributed by atoms with van der Waals surface area (Å²) in [7, 11) is 0. The highest BCUT2D eigenvalue weighted by molar-refractivity contribution is 5.81. The third kappa shape index (κ3) is 5.04. The van der Waals surface area contributed by atoms with E-state index in [9.17, 15) is 4.79 Å². The van der Waals surface area contributed by atoms with Gasteiger partial charge in [0.2, 0.25) is 5.91 Å². The summed E-state index contributed by atoms with van der Waals surface area (Å²) in [6.07, 6.45) is 2.44. The van der Waals surface area contributed by atoms with Crippen LogP contribution < -0.4 is 10.6 Å². The SMILES string of the molecule is CCOC1CC(NC(C)C(=O)NCC(C)C)C1.